The molecule has 1 aliphatic heterocycles. The van der Waals surface area contributed by atoms with E-state index in [1.54, 1.807) is 19.4 Å². The van der Waals surface area contributed by atoms with E-state index in [0.717, 1.165) is 24.1 Å². The number of nitrogens with zero attached hydrogens (tertiary/aromatic N) is 2. The second kappa shape index (κ2) is 3.87. The molecule has 2 heterocycles. The summed E-state index contributed by atoms with van der Waals surface area (Å²) < 4.78 is 16.1. The summed E-state index contributed by atoms with van der Waals surface area (Å²) in [6.07, 6.45) is 5.57. The molecule has 2 aromatic rings. The highest BCUT2D eigenvalue weighted by atomic mass is 19.1. The molecule has 0 aliphatic carbocycles. The van der Waals surface area contributed by atoms with Gasteiger partial charge < -0.3 is 9.88 Å². The topological polar surface area (TPSA) is 29.9 Å². The van der Waals surface area contributed by atoms with Crippen LogP contribution in [0.25, 0.3) is 0 Å². The van der Waals surface area contributed by atoms with Crippen molar-refractivity contribution in [2.75, 3.05) is 12.4 Å². The van der Waals surface area contributed by atoms with Gasteiger partial charge in [-0.1, -0.05) is 6.07 Å². The van der Waals surface area contributed by atoms with Crippen molar-refractivity contribution in [3.63, 3.8) is 0 Å². The van der Waals surface area contributed by atoms with Gasteiger partial charge in [0.2, 0.25) is 0 Å². The van der Waals surface area contributed by atoms with Crippen LogP contribution < -0.4 is 5.32 Å². The Balaban J connectivity index is 2.01. The molecule has 1 aromatic carbocycles. The molecule has 0 bridgehead atoms. The third-order valence-electron chi connectivity index (χ3n) is 3.40. The number of anilines is 1. The minimum Gasteiger partial charge on any atom is -0.388 e. The largest absolute Gasteiger partial charge is 0.388 e. The van der Waals surface area contributed by atoms with Crippen LogP contribution in [0.5, 0.6) is 0 Å². The van der Waals surface area contributed by atoms with Crippen molar-refractivity contribution >= 4 is 5.69 Å². The minimum absolute atomic E-state index is 0.0957. The number of aromatic nitrogens is 2. The van der Waals surface area contributed by atoms with E-state index in [-0.39, 0.29) is 11.9 Å². The number of imidazole rings is 1. The zero-order valence-corrected chi connectivity index (χ0v) is 9.65. The van der Waals surface area contributed by atoms with E-state index >= 15 is 0 Å². The second-order valence-electron chi connectivity index (χ2n) is 4.33. The fourth-order valence-electron chi connectivity index (χ4n) is 2.49. The lowest BCUT2D eigenvalue weighted by Crippen LogP contribution is -2.07. The smallest absolute Gasteiger partial charge is 0.130 e. The van der Waals surface area contributed by atoms with Crippen LogP contribution in [0.2, 0.25) is 0 Å². The fourth-order valence-corrected chi connectivity index (χ4v) is 2.49. The van der Waals surface area contributed by atoms with E-state index in [0.29, 0.717) is 0 Å². The number of benzene rings is 1. The molecule has 0 unspecified atom stereocenters. The summed E-state index contributed by atoms with van der Waals surface area (Å²) >= 11 is 0. The molecule has 1 aliphatic rings. The zero-order valence-electron chi connectivity index (χ0n) is 9.65. The maximum absolute atomic E-state index is 14.0. The van der Waals surface area contributed by atoms with Crippen molar-refractivity contribution in [3.8, 4) is 0 Å². The summed E-state index contributed by atoms with van der Waals surface area (Å²) in [5.74, 6) is -0.150. The van der Waals surface area contributed by atoms with E-state index in [9.17, 15) is 4.39 Å². The summed E-state index contributed by atoms with van der Waals surface area (Å²) in [6.45, 7) is 0. The third kappa shape index (κ3) is 1.60. The lowest BCUT2D eigenvalue weighted by Gasteiger charge is -2.15. The van der Waals surface area contributed by atoms with Crippen molar-refractivity contribution in [2.45, 2.75) is 18.9 Å². The Hall–Kier alpha value is -1.84. The molecule has 1 N–H and O–H groups in total. The summed E-state index contributed by atoms with van der Waals surface area (Å²) in [5, 5.41) is 2.94. The third-order valence-corrected chi connectivity index (χ3v) is 3.40. The van der Waals surface area contributed by atoms with Gasteiger partial charge in [-0.15, -0.1) is 0 Å². The van der Waals surface area contributed by atoms with Crippen molar-refractivity contribution in [1.29, 1.82) is 0 Å². The minimum atomic E-state index is -0.150. The fraction of sp³-hybridized carbons (Fsp3) is 0.308. The highest BCUT2D eigenvalue weighted by Crippen LogP contribution is 2.33. The molecule has 1 atom stereocenters. The van der Waals surface area contributed by atoms with Crippen molar-refractivity contribution in [2.24, 2.45) is 0 Å². The highest BCUT2D eigenvalue weighted by Gasteiger charge is 2.25. The van der Waals surface area contributed by atoms with Gasteiger partial charge in [0.05, 0.1) is 12.4 Å². The molecule has 17 heavy (non-hydrogen) atoms. The van der Waals surface area contributed by atoms with Gasteiger partial charge in [0, 0.05) is 30.2 Å². The van der Waals surface area contributed by atoms with Gasteiger partial charge in [-0.25, -0.2) is 9.37 Å². The highest BCUT2D eigenvalue weighted by molar-refractivity contribution is 5.45. The van der Waals surface area contributed by atoms with Crippen LogP contribution in [-0.4, -0.2) is 16.6 Å². The standard InChI is InChI=1S/C13H14FN3/c1-15-9-2-4-11(12(14)6-9)13-5-3-10-7-16-8-17(10)13/h2,4,6-8,13,15H,3,5H2,1H3/t13-/m1/s1. The molecule has 88 valence electrons. The van der Waals surface area contributed by atoms with Crippen LogP contribution >= 0.6 is 0 Å². The molecule has 0 saturated carbocycles. The molecular formula is C13H14FN3. The van der Waals surface area contributed by atoms with E-state index in [4.69, 9.17) is 0 Å². The predicted molar refractivity (Wildman–Crippen MR) is 64.6 cm³/mol. The van der Waals surface area contributed by atoms with E-state index in [2.05, 4.69) is 14.9 Å². The molecule has 0 fully saturated rings. The van der Waals surface area contributed by atoms with Crippen LogP contribution in [0.3, 0.4) is 0 Å². The molecule has 4 heteroatoms. The maximum Gasteiger partial charge on any atom is 0.130 e. The predicted octanol–water partition coefficient (Wildman–Crippen LogP) is 2.60. The Morgan fingerprint density at radius 3 is 3.12 bits per heavy atom. The first kappa shape index (κ1) is 10.3. The summed E-state index contributed by atoms with van der Waals surface area (Å²) in [7, 11) is 1.79. The van der Waals surface area contributed by atoms with Crippen molar-refractivity contribution < 1.29 is 4.39 Å². The quantitative estimate of drug-likeness (QED) is 0.861. The number of fused-ring (bicyclic) bond motifs is 1. The van der Waals surface area contributed by atoms with Gasteiger partial charge >= 0.3 is 0 Å². The summed E-state index contributed by atoms with van der Waals surface area (Å²) in [4.78, 5) is 4.11. The summed E-state index contributed by atoms with van der Waals surface area (Å²) in [5.41, 5.74) is 2.74. The molecule has 3 nitrogen and oxygen atoms in total. The first-order valence-electron chi connectivity index (χ1n) is 5.77. The summed E-state index contributed by atoms with van der Waals surface area (Å²) in [6, 6.07) is 5.41. The SMILES string of the molecule is CNc1ccc([C@H]2CCc3cncn32)c(F)c1. The molecule has 0 radical (unpaired) electrons. The lowest BCUT2D eigenvalue weighted by molar-refractivity contribution is 0.546. The zero-order chi connectivity index (χ0) is 11.8. The molecule has 0 saturated heterocycles. The van der Waals surface area contributed by atoms with Gasteiger partial charge in [-0.3, -0.25) is 0 Å². The molecular weight excluding hydrogens is 217 g/mol. The van der Waals surface area contributed by atoms with Crippen LogP contribution in [-0.2, 0) is 6.42 Å². The number of nitrogens with one attached hydrogen (secondary N) is 1. The van der Waals surface area contributed by atoms with E-state index in [1.807, 2.05) is 18.3 Å². The number of hydrogen-bond donors (Lipinski definition) is 1. The number of hydrogen-bond acceptors (Lipinski definition) is 2. The molecule has 0 spiro atoms. The number of halogens is 1. The van der Waals surface area contributed by atoms with Gasteiger partial charge in [-0.05, 0) is 25.0 Å². The van der Waals surface area contributed by atoms with Gasteiger partial charge in [0.15, 0.2) is 0 Å². The number of rotatable bonds is 2. The second-order valence-corrected chi connectivity index (χ2v) is 4.33. The Morgan fingerprint density at radius 1 is 1.47 bits per heavy atom. The van der Waals surface area contributed by atoms with E-state index < -0.39 is 0 Å². The molecule has 1 aromatic heterocycles. The monoisotopic (exact) mass is 231 g/mol. The van der Waals surface area contributed by atoms with Gasteiger partial charge in [-0.2, -0.15) is 0 Å². The van der Waals surface area contributed by atoms with Crippen LogP contribution in [0.15, 0.2) is 30.7 Å². The normalized spacial score (nSPS) is 18.1. The van der Waals surface area contributed by atoms with Gasteiger partial charge in [0.25, 0.3) is 0 Å². The van der Waals surface area contributed by atoms with Crippen molar-refractivity contribution in [3.05, 3.63) is 47.8 Å². The average Bonchev–Trinajstić information content (AvgIpc) is 2.91. The van der Waals surface area contributed by atoms with E-state index in [1.165, 1.54) is 5.69 Å². The Morgan fingerprint density at radius 2 is 2.35 bits per heavy atom. The first-order chi connectivity index (χ1) is 8.29. The first-order valence-corrected chi connectivity index (χ1v) is 5.77. The lowest BCUT2D eigenvalue weighted by atomic mass is 10.0. The van der Waals surface area contributed by atoms with Crippen LogP contribution in [0, 0.1) is 5.82 Å². The van der Waals surface area contributed by atoms with Crippen LogP contribution in [0.4, 0.5) is 10.1 Å². The maximum atomic E-state index is 14.0. The molecule has 3 rings (SSSR count). The van der Waals surface area contributed by atoms with Crippen LogP contribution in [0.1, 0.15) is 23.7 Å². The molecule has 0 amide bonds. The van der Waals surface area contributed by atoms with Gasteiger partial charge in [0.1, 0.15) is 5.82 Å². The Labute approximate surface area is 99.3 Å². The number of aryl methyl sites for hydroxylation is 1. The Bertz CT molecular complexity index is 547. The van der Waals surface area contributed by atoms with Crippen molar-refractivity contribution in [1.82, 2.24) is 9.55 Å². The Kier molecular flexibility index (Phi) is 2.35. The average molecular weight is 231 g/mol.